The van der Waals surface area contributed by atoms with Crippen molar-refractivity contribution in [1.29, 1.82) is 0 Å². The van der Waals surface area contributed by atoms with Crippen LogP contribution in [0.5, 0.6) is 0 Å². The molecule has 21 heavy (non-hydrogen) atoms. The normalized spacial score (nSPS) is 18.7. The molecule has 5 nitrogen and oxygen atoms in total. The van der Waals surface area contributed by atoms with Gasteiger partial charge in [-0.15, -0.1) is 0 Å². The fourth-order valence-corrected chi connectivity index (χ4v) is 2.97. The molecular weight excluding hydrogens is 266 g/mol. The lowest BCUT2D eigenvalue weighted by Crippen LogP contribution is -2.51. The summed E-state index contributed by atoms with van der Waals surface area (Å²) in [6.45, 7) is 0.641. The molecule has 5 heteroatoms. The van der Waals surface area contributed by atoms with E-state index in [1.54, 1.807) is 11.9 Å². The van der Waals surface area contributed by atoms with Gasteiger partial charge in [0.15, 0.2) is 0 Å². The van der Waals surface area contributed by atoms with Crippen LogP contribution < -0.4 is 5.32 Å². The molecule has 2 amide bonds. The molecule has 0 spiro atoms. The zero-order valence-corrected chi connectivity index (χ0v) is 12.1. The first-order chi connectivity index (χ1) is 10.2. The summed E-state index contributed by atoms with van der Waals surface area (Å²) in [6.07, 6.45) is 4.52. The van der Waals surface area contributed by atoms with E-state index < -0.39 is 0 Å². The average Bonchev–Trinajstić information content (AvgIpc) is 3.01. The van der Waals surface area contributed by atoms with Gasteiger partial charge in [-0.3, -0.25) is 9.59 Å². The summed E-state index contributed by atoms with van der Waals surface area (Å²) in [7, 11) is 1.62. The first-order valence-electron chi connectivity index (χ1n) is 7.30. The smallest absolute Gasteiger partial charge is 0.254 e. The predicted octanol–water partition coefficient (Wildman–Crippen LogP) is 1.91. The number of H-pyrrole nitrogens is 1. The summed E-state index contributed by atoms with van der Waals surface area (Å²) in [5, 5.41) is 3.67. The van der Waals surface area contributed by atoms with E-state index in [4.69, 9.17) is 0 Å². The molecule has 1 aliphatic heterocycles. The Kier molecular flexibility index (Phi) is 3.64. The molecular formula is C16H19N3O2. The van der Waals surface area contributed by atoms with Crippen molar-refractivity contribution >= 4 is 22.7 Å². The van der Waals surface area contributed by atoms with Crippen molar-refractivity contribution in [3.8, 4) is 0 Å². The summed E-state index contributed by atoms with van der Waals surface area (Å²) in [5.41, 5.74) is 1.64. The van der Waals surface area contributed by atoms with Crippen molar-refractivity contribution < 1.29 is 9.59 Å². The average molecular weight is 285 g/mol. The molecule has 0 aliphatic carbocycles. The van der Waals surface area contributed by atoms with Gasteiger partial charge < -0.3 is 15.2 Å². The Morgan fingerprint density at radius 3 is 2.95 bits per heavy atom. The van der Waals surface area contributed by atoms with E-state index in [2.05, 4.69) is 10.3 Å². The van der Waals surface area contributed by atoms with Crippen molar-refractivity contribution in [3.63, 3.8) is 0 Å². The first kappa shape index (κ1) is 13.7. The van der Waals surface area contributed by atoms with E-state index in [-0.39, 0.29) is 17.9 Å². The third kappa shape index (κ3) is 2.51. The van der Waals surface area contributed by atoms with E-state index >= 15 is 0 Å². The number of aromatic amines is 1. The number of likely N-dealkylation sites (tertiary alicyclic amines) is 1. The third-order valence-electron chi connectivity index (χ3n) is 4.11. The number of carbonyl (C=O) groups is 2. The van der Waals surface area contributed by atoms with Crippen molar-refractivity contribution in [3.05, 3.63) is 36.0 Å². The van der Waals surface area contributed by atoms with E-state index in [9.17, 15) is 9.59 Å². The highest BCUT2D eigenvalue weighted by Crippen LogP contribution is 2.22. The van der Waals surface area contributed by atoms with Crippen LogP contribution in [0.25, 0.3) is 10.9 Å². The van der Waals surface area contributed by atoms with Gasteiger partial charge in [0.2, 0.25) is 5.91 Å². The van der Waals surface area contributed by atoms with Crippen LogP contribution in [0.4, 0.5) is 0 Å². The Morgan fingerprint density at radius 2 is 2.14 bits per heavy atom. The van der Waals surface area contributed by atoms with E-state index in [1.807, 2.05) is 30.5 Å². The van der Waals surface area contributed by atoms with Gasteiger partial charge in [-0.2, -0.15) is 0 Å². The van der Waals surface area contributed by atoms with Crippen LogP contribution in [0, 0.1) is 0 Å². The molecule has 0 bridgehead atoms. The van der Waals surface area contributed by atoms with Crippen molar-refractivity contribution in [1.82, 2.24) is 15.2 Å². The Bertz CT molecular complexity index is 677. The van der Waals surface area contributed by atoms with Gasteiger partial charge in [-0.1, -0.05) is 0 Å². The van der Waals surface area contributed by atoms with Crippen molar-refractivity contribution in [2.75, 3.05) is 13.6 Å². The molecule has 0 saturated carbocycles. The molecule has 1 saturated heterocycles. The molecule has 1 aromatic carbocycles. The molecule has 1 aromatic heterocycles. The van der Waals surface area contributed by atoms with Crippen LogP contribution in [-0.4, -0.2) is 41.3 Å². The van der Waals surface area contributed by atoms with Crippen LogP contribution in [-0.2, 0) is 4.79 Å². The molecule has 110 valence electrons. The van der Waals surface area contributed by atoms with Gasteiger partial charge in [0.05, 0.1) is 0 Å². The van der Waals surface area contributed by atoms with Crippen LogP contribution in [0.15, 0.2) is 30.5 Å². The highest BCUT2D eigenvalue weighted by molar-refractivity contribution is 6.00. The monoisotopic (exact) mass is 285 g/mol. The molecule has 0 radical (unpaired) electrons. The summed E-state index contributed by atoms with van der Waals surface area (Å²) in [5.74, 6) is -0.142. The number of piperidine rings is 1. The van der Waals surface area contributed by atoms with Crippen LogP contribution >= 0.6 is 0 Å². The molecule has 2 N–H and O–H groups in total. The second-order valence-corrected chi connectivity index (χ2v) is 5.40. The molecule has 1 unspecified atom stereocenters. The maximum atomic E-state index is 12.7. The van der Waals surface area contributed by atoms with Gasteiger partial charge in [0.25, 0.3) is 5.91 Å². The lowest BCUT2D eigenvalue weighted by atomic mass is 10.00. The number of carbonyl (C=O) groups excluding carboxylic acids is 2. The summed E-state index contributed by atoms with van der Waals surface area (Å²) in [4.78, 5) is 29.5. The summed E-state index contributed by atoms with van der Waals surface area (Å²) >= 11 is 0. The number of benzene rings is 1. The van der Waals surface area contributed by atoms with Gasteiger partial charge in [0, 0.05) is 36.3 Å². The van der Waals surface area contributed by atoms with Crippen LogP contribution in [0.1, 0.15) is 29.6 Å². The molecule has 2 heterocycles. The number of nitrogens with zero attached hydrogens (tertiary/aromatic N) is 1. The third-order valence-corrected chi connectivity index (χ3v) is 4.11. The Morgan fingerprint density at radius 1 is 1.29 bits per heavy atom. The van der Waals surface area contributed by atoms with Gasteiger partial charge in [-0.25, -0.2) is 0 Å². The van der Waals surface area contributed by atoms with Gasteiger partial charge >= 0.3 is 0 Å². The number of hydrogen-bond acceptors (Lipinski definition) is 2. The lowest BCUT2D eigenvalue weighted by Gasteiger charge is -2.34. The number of aromatic nitrogens is 1. The Hall–Kier alpha value is -2.30. The fraction of sp³-hybridized carbons (Fsp3) is 0.375. The number of amides is 2. The Labute approximate surface area is 123 Å². The zero-order chi connectivity index (χ0) is 14.8. The topological polar surface area (TPSA) is 65.2 Å². The first-order valence-corrected chi connectivity index (χ1v) is 7.30. The van der Waals surface area contributed by atoms with E-state index in [0.717, 1.165) is 30.2 Å². The molecule has 2 aromatic rings. The summed E-state index contributed by atoms with van der Waals surface area (Å²) in [6, 6.07) is 7.19. The zero-order valence-electron chi connectivity index (χ0n) is 12.1. The largest absolute Gasteiger partial charge is 0.361 e. The number of rotatable bonds is 2. The highest BCUT2D eigenvalue weighted by atomic mass is 16.2. The van der Waals surface area contributed by atoms with Gasteiger partial charge in [-0.05, 0) is 43.5 Å². The van der Waals surface area contributed by atoms with E-state index in [1.165, 1.54) is 0 Å². The number of hydrogen-bond donors (Lipinski definition) is 2. The minimum absolute atomic E-state index is 0.0635. The number of likely N-dealkylation sites (N-methyl/N-ethyl adjacent to an activating group) is 1. The maximum absolute atomic E-state index is 12.7. The van der Waals surface area contributed by atoms with Crippen LogP contribution in [0.2, 0.25) is 0 Å². The number of fused-ring (bicyclic) bond motifs is 1. The Balaban J connectivity index is 1.89. The minimum atomic E-state index is -0.349. The SMILES string of the molecule is CNC(=O)C1CCCCN1C(=O)c1ccc2[nH]ccc2c1. The van der Waals surface area contributed by atoms with Gasteiger partial charge in [0.1, 0.15) is 6.04 Å². The number of nitrogens with one attached hydrogen (secondary N) is 2. The van der Waals surface area contributed by atoms with Crippen molar-refractivity contribution in [2.24, 2.45) is 0 Å². The predicted molar refractivity (Wildman–Crippen MR) is 81.0 cm³/mol. The standard InChI is InChI=1S/C16H19N3O2/c1-17-15(20)14-4-2-3-9-19(14)16(21)12-5-6-13-11(10-12)7-8-18-13/h5-8,10,14,18H,2-4,9H2,1H3,(H,17,20). The lowest BCUT2D eigenvalue weighted by molar-refractivity contribution is -0.126. The minimum Gasteiger partial charge on any atom is -0.361 e. The second kappa shape index (κ2) is 5.60. The quantitative estimate of drug-likeness (QED) is 0.885. The second-order valence-electron chi connectivity index (χ2n) is 5.40. The fourth-order valence-electron chi connectivity index (χ4n) is 2.97. The van der Waals surface area contributed by atoms with Crippen LogP contribution in [0.3, 0.4) is 0 Å². The van der Waals surface area contributed by atoms with E-state index in [0.29, 0.717) is 12.1 Å². The molecule has 1 fully saturated rings. The molecule has 3 rings (SSSR count). The van der Waals surface area contributed by atoms with Crippen molar-refractivity contribution in [2.45, 2.75) is 25.3 Å². The highest BCUT2D eigenvalue weighted by Gasteiger charge is 2.32. The summed E-state index contributed by atoms with van der Waals surface area (Å²) < 4.78 is 0. The maximum Gasteiger partial charge on any atom is 0.254 e. The molecule has 1 atom stereocenters. The molecule has 1 aliphatic rings.